The molecule has 0 bridgehead atoms. The summed E-state index contributed by atoms with van der Waals surface area (Å²) in [5.41, 5.74) is 0. The third-order valence-electron chi connectivity index (χ3n) is 4.36. The molecule has 0 aromatic heterocycles. The smallest absolute Gasteiger partial charge is 0.233 e. The lowest BCUT2D eigenvalue weighted by Crippen LogP contribution is -2.35. The SMILES string of the molecule is O=C1[C@H]2CC=CC[C@H]2C(=O)N1CCS(=O)(=O)c1ccc(F)cc1. The van der Waals surface area contributed by atoms with Crippen LogP contribution in [-0.4, -0.2) is 37.4 Å². The lowest BCUT2D eigenvalue weighted by atomic mass is 9.85. The van der Waals surface area contributed by atoms with Gasteiger partial charge >= 0.3 is 0 Å². The Kier molecular flexibility index (Phi) is 4.06. The third kappa shape index (κ3) is 2.93. The summed E-state index contributed by atoms with van der Waals surface area (Å²) in [6.07, 6.45) is 4.81. The minimum Gasteiger partial charge on any atom is -0.281 e. The van der Waals surface area contributed by atoms with Gasteiger partial charge in [0.2, 0.25) is 11.8 Å². The highest BCUT2D eigenvalue weighted by atomic mass is 32.2. The number of nitrogens with zero attached hydrogens (tertiary/aromatic N) is 1. The van der Waals surface area contributed by atoms with Gasteiger partial charge in [-0.05, 0) is 37.1 Å². The molecule has 0 unspecified atom stereocenters. The predicted molar refractivity (Wildman–Crippen MR) is 80.5 cm³/mol. The first-order chi connectivity index (χ1) is 10.9. The average molecular weight is 337 g/mol. The van der Waals surface area contributed by atoms with Crippen molar-refractivity contribution in [1.29, 1.82) is 0 Å². The van der Waals surface area contributed by atoms with E-state index in [1.54, 1.807) is 0 Å². The number of rotatable bonds is 4. The van der Waals surface area contributed by atoms with E-state index in [4.69, 9.17) is 0 Å². The lowest BCUT2D eigenvalue weighted by molar-refractivity contribution is -0.139. The van der Waals surface area contributed by atoms with E-state index < -0.39 is 15.7 Å². The number of hydrogen-bond acceptors (Lipinski definition) is 4. The van der Waals surface area contributed by atoms with Gasteiger partial charge in [0.1, 0.15) is 5.82 Å². The molecule has 2 atom stereocenters. The van der Waals surface area contributed by atoms with E-state index in [1.807, 2.05) is 12.2 Å². The van der Waals surface area contributed by atoms with E-state index in [1.165, 1.54) is 12.1 Å². The lowest BCUT2D eigenvalue weighted by Gasteiger charge is -2.14. The number of sulfone groups is 1. The van der Waals surface area contributed by atoms with Gasteiger partial charge in [-0.2, -0.15) is 0 Å². The topological polar surface area (TPSA) is 71.5 Å². The largest absolute Gasteiger partial charge is 0.281 e. The summed E-state index contributed by atoms with van der Waals surface area (Å²) in [5.74, 6) is -2.19. The Morgan fingerprint density at radius 1 is 1.00 bits per heavy atom. The van der Waals surface area contributed by atoms with E-state index >= 15 is 0 Å². The molecule has 2 amide bonds. The number of fused-ring (bicyclic) bond motifs is 1. The van der Waals surface area contributed by atoms with Crippen molar-refractivity contribution in [2.24, 2.45) is 11.8 Å². The summed E-state index contributed by atoms with van der Waals surface area (Å²) in [5, 5.41) is 0. The highest BCUT2D eigenvalue weighted by Crippen LogP contribution is 2.35. The van der Waals surface area contributed by atoms with Crippen molar-refractivity contribution in [2.45, 2.75) is 17.7 Å². The molecule has 7 heteroatoms. The normalized spacial score (nSPS) is 24.1. The molecule has 1 heterocycles. The zero-order valence-corrected chi connectivity index (χ0v) is 13.1. The molecule has 1 saturated heterocycles. The number of likely N-dealkylation sites (tertiary alicyclic amines) is 1. The van der Waals surface area contributed by atoms with Crippen molar-refractivity contribution in [3.05, 3.63) is 42.2 Å². The summed E-state index contributed by atoms with van der Waals surface area (Å²) in [4.78, 5) is 25.6. The summed E-state index contributed by atoms with van der Waals surface area (Å²) in [7, 11) is -3.67. The molecule has 1 aromatic rings. The van der Waals surface area contributed by atoms with Crippen LogP contribution in [0.1, 0.15) is 12.8 Å². The van der Waals surface area contributed by atoms with Crippen molar-refractivity contribution >= 4 is 21.7 Å². The number of carbonyl (C=O) groups is 2. The van der Waals surface area contributed by atoms with Crippen LogP contribution < -0.4 is 0 Å². The van der Waals surface area contributed by atoms with Crippen molar-refractivity contribution in [3.63, 3.8) is 0 Å². The van der Waals surface area contributed by atoms with Gasteiger partial charge in [0, 0.05) is 6.54 Å². The van der Waals surface area contributed by atoms with Crippen LogP contribution in [0.2, 0.25) is 0 Å². The number of carbonyl (C=O) groups excluding carboxylic acids is 2. The van der Waals surface area contributed by atoms with Gasteiger partial charge in [0.25, 0.3) is 0 Å². The average Bonchev–Trinajstić information content (AvgIpc) is 2.78. The second kappa shape index (κ2) is 5.88. The molecular formula is C16H16FNO4S. The van der Waals surface area contributed by atoms with Gasteiger partial charge < -0.3 is 0 Å². The zero-order valence-electron chi connectivity index (χ0n) is 12.3. The van der Waals surface area contributed by atoms with Crippen LogP contribution in [0.5, 0.6) is 0 Å². The monoisotopic (exact) mass is 337 g/mol. The zero-order chi connectivity index (χ0) is 16.6. The van der Waals surface area contributed by atoms with Gasteiger partial charge in [-0.3, -0.25) is 14.5 Å². The van der Waals surface area contributed by atoms with E-state index in [9.17, 15) is 22.4 Å². The molecule has 122 valence electrons. The number of benzene rings is 1. The molecule has 2 aliphatic rings. The van der Waals surface area contributed by atoms with Crippen molar-refractivity contribution in [2.75, 3.05) is 12.3 Å². The van der Waals surface area contributed by atoms with E-state index in [0.29, 0.717) is 12.8 Å². The minimum atomic E-state index is -3.67. The molecule has 5 nitrogen and oxygen atoms in total. The highest BCUT2D eigenvalue weighted by molar-refractivity contribution is 7.91. The fourth-order valence-electron chi connectivity index (χ4n) is 3.06. The van der Waals surface area contributed by atoms with Gasteiger partial charge in [0.05, 0.1) is 22.5 Å². The van der Waals surface area contributed by atoms with Crippen LogP contribution in [0.25, 0.3) is 0 Å². The maximum atomic E-state index is 12.9. The molecule has 0 saturated carbocycles. The van der Waals surface area contributed by atoms with E-state index in [0.717, 1.165) is 17.0 Å². The van der Waals surface area contributed by atoms with Crippen LogP contribution in [0.15, 0.2) is 41.3 Å². The number of allylic oxidation sites excluding steroid dienone is 2. The Bertz CT molecular complexity index is 744. The molecular weight excluding hydrogens is 321 g/mol. The fraction of sp³-hybridized carbons (Fsp3) is 0.375. The fourth-order valence-corrected chi connectivity index (χ4v) is 4.27. The van der Waals surface area contributed by atoms with Crippen molar-refractivity contribution in [3.8, 4) is 0 Å². The Labute approximate surface area is 133 Å². The van der Waals surface area contributed by atoms with Crippen LogP contribution in [-0.2, 0) is 19.4 Å². The Balaban J connectivity index is 1.72. The Hall–Kier alpha value is -2.02. The summed E-state index contributed by atoms with van der Waals surface area (Å²) in [6, 6.07) is 4.50. The Morgan fingerprint density at radius 3 is 2.04 bits per heavy atom. The van der Waals surface area contributed by atoms with Crippen molar-refractivity contribution in [1.82, 2.24) is 4.90 Å². The van der Waals surface area contributed by atoms with Crippen LogP contribution >= 0.6 is 0 Å². The first-order valence-corrected chi connectivity index (χ1v) is 9.04. The molecule has 1 aliphatic carbocycles. The number of amides is 2. The molecule has 23 heavy (non-hydrogen) atoms. The Morgan fingerprint density at radius 2 is 1.52 bits per heavy atom. The first-order valence-electron chi connectivity index (χ1n) is 7.39. The molecule has 0 spiro atoms. The first kappa shape index (κ1) is 15.9. The van der Waals surface area contributed by atoms with Crippen LogP contribution in [0, 0.1) is 17.7 Å². The standard InChI is InChI=1S/C16H16FNO4S/c17-11-5-7-12(8-6-11)23(21,22)10-9-18-15(19)13-3-1-2-4-14(13)16(18)20/h1-2,5-8,13-14H,3-4,9-10H2/t13-,14+. The van der Waals surface area contributed by atoms with Gasteiger partial charge in [-0.25, -0.2) is 12.8 Å². The van der Waals surface area contributed by atoms with Crippen molar-refractivity contribution < 1.29 is 22.4 Å². The molecule has 1 aromatic carbocycles. The maximum absolute atomic E-state index is 12.9. The number of hydrogen-bond donors (Lipinski definition) is 0. The molecule has 0 radical (unpaired) electrons. The van der Waals surface area contributed by atoms with E-state index in [2.05, 4.69) is 0 Å². The summed E-state index contributed by atoms with van der Waals surface area (Å²) in [6.45, 7) is -0.162. The maximum Gasteiger partial charge on any atom is 0.233 e. The third-order valence-corrected chi connectivity index (χ3v) is 6.07. The number of imide groups is 1. The molecule has 1 aliphatic heterocycles. The molecule has 1 fully saturated rings. The van der Waals surface area contributed by atoms with Gasteiger partial charge in [-0.1, -0.05) is 12.2 Å². The summed E-state index contributed by atoms with van der Waals surface area (Å²) >= 11 is 0. The number of halogens is 1. The second-order valence-corrected chi connectivity index (χ2v) is 7.87. The van der Waals surface area contributed by atoms with Crippen LogP contribution in [0.3, 0.4) is 0 Å². The highest BCUT2D eigenvalue weighted by Gasteiger charge is 2.47. The minimum absolute atomic E-state index is 0.0166. The second-order valence-electron chi connectivity index (χ2n) is 5.76. The quantitative estimate of drug-likeness (QED) is 0.475. The van der Waals surface area contributed by atoms with Crippen LogP contribution in [0.4, 0.5) is 4.39 Å². The summed E-state index contributed by atoms with van der Waals surface area (Å²) < 4.78 is 37.4. The van der Waals surface area contributed by atoms with E-state index in [-0.39, 0.29) is 40.8 Å². The van der Waals surface area contributed by atoms with Gasteiger partial charge in [0.15, 0.2) is 9.84 Å². The van der Waals surface area contributed by atoms with Gasteiger partial charge in [-0.15, -0.1) is 0 Å². The molecule has 0 N–H and O–H groups in total. The molecule has 3 rings (SSSR count). The predicted octanol–water partition coefficient (Wildman–Crippen LogP) is 1.55.